The van der Waals surface area contributed by atoms with Crippen LogP contribution in [0.1, 0.15) is 22.0 Å². The van der Waals surface area contributed by atoms with E-state index >= 15 is 0 Å². The van der Waals surface area contributed by atoms with Gasteiger partial charge in [0.1, 0.15) is 0 Å². The summed E-state index contributed by atoms with van der Waals surface area (Å²) < 4.78 is 5.40. The number of amides is 1. The molecule has 0 bridgehead atoms. The first-order chi connectivity index (χ1) is 13.6. The van der Waals surface area contributed by atoms with Crippen molar-refractivity contribution in [2.75, 3.05) is 39.1 Å². The van der Waals surface area contributed by atoms with Crippen LogP contribution in [0.2, 0.25) is 0 Å². The predicted molar refractivity (Wildman–Crippen MR) is 109 cm³/mol. The summed E-state index contributed by atoms with van der Waals surface area (Å²) in [4.78, 5) is 26.5. The standard InChI is InChI=1S/C20H23N3O4S/c1-28-19-8-7-16(13-18(19)23(25)26)20(24)21-17(15-5-3-2-4-6-15)14-22-9-11-27-12-10-22/h2-8,13,17H,9-12,14H2,1H3,(H,21,24)/t17-/m0/s1. The number of benzene rings is 2. The maximum Gasteiger partial charge on any atom is 0.283 e. The van der Waals surface area contributed by atoms with E-state index in [4.69, 9.17) is 4.74 Å². The number of nitro groups is 1. The van der Waals surface area contributed by atoms with Crippen molar-refractivity contribution in [2.24, 2.45) is 0 Å². The summed E-state index contributed by atoms with van der Waals surface area (Å²) in [6.45, 7) is 3.64. The molecular weight excluding hydrogens is 378 g/mol. The largest absolute Gasteiger partial charge is 0.379 e. The lowest BCUT2D eigenvalue weighted by Gasteiger charge is -2.31. The van der Waals surface area contributed by atoms with Crippen LogP contribution >= 0.6 is 11.8 Å². The van der Waals surface area contributed by atoms with E-state index in [1.807, 2.05) is 30.3 Å². The van der Waals surface area contributed by atoms with Crippen LogP contribution in [0.5, 0.6) is 0 Å². The Morgan fingerprint density at radius 3 is 2.61 bits per heavy atom. The van der Waals surface area contributed by atoms with Crippen LogP contribution in [0.4, 0.5) is 5.69 Å². The van der Waals surface area contributed by atoms with E-state index in [1.54, 1.807) is 18.4 Å². The van der Waals surface area contributed by atoms with E-state index in [2.05, 4.69) is 10.2 Å². The Morgan fingerprint density at radius 1 is 1.25 bits per heavy atom. The Kier molecular flexibility index (Phi) is 7.02. The van der Waals surface area contributed by atoms with Crippen molar-refractivity contribution in [1.29, 1.82) is 0 Å². The minimum absolute atomic E-state index is 0.0513. The molecule has 1 N–H and O–H groups in total. The lowest BCUT2D eigenvalue weighted by molar-refractivity contribution is -0.387. The molecule has 0 saturated carbocycles. The summed E-state index contributed by atoms with van der Waals surface area (Å²) in [5.74, 6) is -0.321. The third kappa shape index (κ3) is 5.09. The molecule has 2 aromatic carbocycles. The molecule has 0 spiro atoms. The molecule has 148 valence electrons. The third-order valence-electron chi connectivity index (χ3n) is 4.69. The molecule has 0 unspecified atom stereocenters. The monoisotopic (exact) mass is 401 g/mol. The zero-order valence-corrected chi connectivity index (χ0v) is 16.5. The molecule has 1 fully saturated rings. The lowest BCUT2D eigenvalue weighted by atomic mass is 10.1. The number of rotatable bonds is 7. The number of hydrogen-bond donors (Lipinski definition) is 1. The molecule has 3 rings (SSSR count). The third-order valence-corrected chi connectivity index (χ3v) is 5.47. The second-order valence-electron chi connectivity index (χ2n) is 6.49. The van der Waals surface area contributed by atoms with Crippen LogP contribution in [0.3, 0.4) is 0 Å². The highest BCUT2D eigenvalue weighted by atomic mass is 32.2. The number of nitrogens with one attached hydrogen (secondary N) is 1. The fraction of sp³-hybridized carbons (Fsp3) is 0.350. The van der Waals surface area contributed by atoms with Gasteiger partial charge in [-0.1, -0.05) is 30.3 Å². The highest BCUT2D eigenvalue weighted by Crippen LogP contribution is 2.28. The van der Waals surface area contributed by atoms with Crippen LogP contribution in [-0.2, 0) is 4.74 Å². The minimum atomic E-state index is -0.453. The maximum absolute atomic E-state index is 12.9. The molecular formula is C20H23N3O4S. The molecule has 1 aliphatic rings. The maximum atomic E-state index is 12.9. The van der Waals surface area contributed by atoms with Crippen molar-refractivity contribution in [2.45, 2.75) is 10.9 Å². The fourth-order valence-corrected chi connectivity index (χ4v) is 3.72. The van der Waals surface area contributed by atoms with Crippen molar-refractivity contribution >= 4 is 23.4 Å². The Hall–Kier alpha value is -2.42. The normalized spacial score (nSPS) is 15.8. The second kappa shape index (κ2) is 9.68. The summed E-state index contributed by atoms with van der Waals surface area (Å²) >= 11 is 1.29. The second-order valence-corrected chi connectivity index (χ2v) is 7.34. The first-order valence-corrected chi connectivity index (χ1v) is 10.3. The molecule has 0 aromatic heterocycles. The Bertz CT molecular complexity index is 825. The van der Waals surface area contributed by atoms with Gasteiger partial charge in [0.05, 0.1) is 29.1 Å². The first-order valence-electron chi connectivity index (χ1n) is 9.07. The van der Waals surface area contributed by atoms with Gasteiger partial charge < -0.3 is 10.1 Å². The van der Waals surface area contributed by atoms with E-state index in [1.165, 1.54) is 17.8 Å². The lowest BCUT2D eigenvalue weighted by Crippen LogP contribution is -2.43. The van der Waals surface area contributed by atoms with E-state index in [-0.39, 0.29) is 23.2 Å². The van der Waals surface area contributed by atoms with Crippen molar-refractivity contribution in [3.05, 3.63) is 69.8 Å². The highest BCUT2D eigenvalue weighted by molar-refractivity contribution is 7.98. The van der Waals surface area contributed by atoms with Gasteiger partial charge in [0.2, 0.25) is 0 Å². The number of nitro benzene ring substituents is 1. The van der Waals surface area contributed by atoms with E-state index in [0.717, 1.165) is 18.7 Å². The number of thioether (sulfide) groups is 1. The molecule has 2 aromatic rings. The van der Waals surface area contributed by atoms with Gasteiger partial charge in [-0.2, -0.15) is 0 Å². The SMILES string of the molecule is CSc1ccc(C(=O)N[C@@H](CN2CCOCC2)c2ccccc2)cc1[N+](=O)[O-]. The zero-order chi connectivity index (χ0) is 19.9. The van der Waals surface area contributed by atoms with Crippen molar-refractivity contribution < 1.29 is 14.5 Å². The number of hydrogen-bond acceptors (Lipinski definition) is 6. The zero-order valence-electron chi connectivity index (χ0n) is 15.7. The molecule has 1 atom stereocenters. The summed E-state index contributed by atoms with van der Waals surface area (Å²) in [5, 5.41) is 14.4. The fourth-order valence-electron chi connectivity index (χ4n) is 3.18. The number of carbonyl (C=O) groups excluding carboxylic acids is 1. The molecule has 8 heteroatoms. The van der Waals surface area contributed by atoms with Gasteiger partial charge in [0, 0.05) is 31.3 Å². The van der Waals surface area contributed by atoms with Gasteiger partial charge in [-0.15, -0.1) is 11.8 Å². The number of nitrogens with zero attached hydrogens (tertiary/aromatic N) is 2. The highest BCUT2D eigenvalue weighted by Gasteiger charge is 2.22. The van der Waals surface area contributed by atoms with Crippen LogP contribution < -0.4 is 5.32 Å². The van der Waals surface area contributed by atoms with Crippen molar-refractivity contribution in [3.63, 3.8) is 0 Å². The van der Waals surface area contributed by atoms with Gasteiger partial charge in [-0.25, -0.2) is 0 Å². The smallest absolute Gasteiger partial charge is 0.283 e. The van der Waals surface area contributed by atoms with Crippen LogP contribution in [0.15, 0.2) is 53.4 Å². The molecule has 1 saturated heterocycles. The topological polar surface area (TPSA) is 84.7 Å². The van der Waals surface area contributed by atoms with E-state index in [0.29, 0.717) is 24.7 Å². The van der Waals surface area contributed by atoms with Gasteiger partial charge in [0.15, 0.2) is 0 Å². The van der Waals surface area contributed by atoms with Gasteiger partial charge >= 0.3 is 0 Å². The minimum Gasteiger partial charge on any atom is -0.379 e. The summed E-state index contributed by atoms with van der Waals surface area (Å²) in [6, 6.07) is 14.1. The number of carbonyl (C=O) groups is 1. The summed E-state index contributed by atoms with van der Waals surface area (Å²) in [5.41, 5.74) is 1.23. The van der Waals surface area contributed by atoms with Crippen molar-refractivity contribution in [1.82, 2.24) is 10.2 Å². The summed E-state index contributed by atoms with van der Waals surface area (Å²) in [7, 11) is 0. The molecule has 0 aliphatic carbocycles. The van der Waals surface area contributed by atoms with Gasteiger partial charge in [-0.05, 0) is 24.0 Å². The summed E-state index contributed by atoms with van der Waals surface area (Å²) in [6.07, 6.45) is 1.77. The predicted octanol–water partition coefficient (Wildman–Crippen LogP) is 3.12. The number of ether oxygens (including phenoxy) is 1. The Morgan fingerprint density at radius 2 is 1.96 bits per heavy atom. The first kappa shape index (κ1) is 20.3. The average molecular weight is 401 g/mol. The van der Waals surface area contributed by atoms with Gasteiger partial charge in [0.25, 0.3) is 11.6 Å². The Balaban J connectivity index is 1.80. The average Bonchev–Trinajstić information content (AvgIpc) is 2.74. The van der Waals surface area contributed by atoms with Crippen LogP contribution in [0, 0.1) is 10.1 Å². The Labute approximate surface area is 168 Å². The van der Waals surface area contributed by atoms with Crippen LogP contribution in [0.25, 0.3) is 0 Å². The molecule has 1 heterocycles. The molecule has 0 radical (unpaired) electrons. The van der Waals surface area contributed by atoms with Gasteiger partial charge in [-0.3, -0.25) is 19.8 Å². The van der Waals surface area contributed by atoms with E-state index < -0.39 is 4.92 Å². The molecule has 7 nitrogen and oxygen atoms in total. The van der Waals surface area contributed by atoms with E-state index in [9.17, 15) is 14.9 Å². The quantitative estimate of drug-likeness (QED) is 0.436. The van der Waals surface area contributed by atoms with Crippen LogP contribution in [-0.4, -0.2) is 54.8 Å². The number of morpholine rings is 1. The molecule has 28 heavy (non-hydrogen) atoms. The molecule has 1 amide bonds. The molecule has 1 aliphatic heterocycles. The van der Waals surface area contributed by atoms with Crippen molar-refractivity contribution in [3.8, 4) is 0 Å².